The molecule has 2 aliphatic rings. The summed E-state index contributed by atoms with van der Waals surface area (Å²) in [5, 5.41) is 19.0. The van der Waals surface area contributed by atoms with Gasteiger partial charge in [-0.2, -0.15) is 0 Å². The number of carbonyl (C=O) groups excluding carboxylic acids is 1. The van der Waals surface area contributed by atoms with Crippen molar-refractivity contribution in [1.29, 1.82) is 0 Å². The highest BCUT2D eigenvalue weighted by molar-refractivity contribution is 5.85. The molecule has 1 unspecified atom stereocenters. The Hall–Kier alpha value is -0.890. The average Bonchev–Trinajstić information content (AvgIpc) is 2.87. The minimum atomic E-state index is -0.911. The highest BCUT2D eigenvalue weighted by atomic mass is 35.5. The maximum absolute atomic E-state index is 12.5. The molecule has 1 aliphatic carbocycles. The van der Waals surface area contributed by atoms with Gasteiger partial charge in [0.05, 0.1) is 19.2 Å². The summed E-state index contributed by atoms with van der Waals surface area (Å²) in [6.07, 6.45) is 5.17. The molecule has 0 radical (unpaired) electrons. The van der Waals surface area contributed by atoms with Crippen molar-refractivity contribution in [3.8, 4) is 0 Å². The lowest BCUT2D eigenvalue weighted by Gasteiger charge is -2.32. The number of halogens is 1. The van der Waals surface area contributed by atoms with Crippen molar-refractivity contribution in [3.05, 3.63) is 0 Å². The fourth-order valence-corrected chi connectivity index (χ4v) is 3.71. The van der Waals surface area contributed by atoms with Crippen LogP contribution in [0.15, 0.2) is 0 Å². The number of hydrogen-bond donors (Lipinski definition) is 2. The molecule has 2 N–H and O–H groups in total. The van der Waals surface area contributed by atoms with Gasteiger partial charge >= 0.3 is 5.97 Å². The summed E-state index contributed by atoms with van der Waals surface area (Å²) in [7, 11) is 3.57. The summed E-state index contributed by atoms with van der Waals surface area (Å²) >= 11 is 0. The molecule has 2 rings (SSSR count). The number of rotatable bonds is 6. The van der Waals surface area contributed by atoms with Crippen molar-refractivity contribution in [3.63, 3.8) is 0 Å². The smallest absolute Gasteiger partial charge is 0.317 e. The summed E-state index contributed by atoms with van der Waals surface area (Å²) < 4.78 is 0. The highest BCUT2D eigenvalue weighted by Gasteiger charge is 2.36. The van der Waals surface area contributed by atoms with Gasteiger partial charge in [0.2, 0.25) is 5.91 Å². The quantitative estimate of drug-likeness (QED) is 0.704. The molecular weight excluding hydrogens is 334 g/mol. The first-order chi connectivity index (χ1) is 10.9. The van der Waals surface area contributed by atoms with Crippen molar-refractivity contribution < 1.29 is 19.8 Å². The molecule has 1 aliphatic heterocycles. The van der Waals surface area contributed by atoms with Crippen LogP contribution in [-0.4, -0.2) is 95.3 Å². The van der Waals surface area contributed by atoms with Gasteiger partial charge in [-0.15, -0.1) is 12.4 Å². The number of aliphatic hydroxyl groups excluding tert-OH is 1. The van der Waals surface area contributed by atoms with Gasteiger partial charge in [0.1, 0.15) is 0 Å². The predicted octanol–water partition coefficient (Wildman–Crippen LogP) is 0.261. The Bertz CT molecular complexity index is 432. The normalized spacial score (nSPS) is 25.5. The number of carboxylic acids is 1. The zero-order valence-corrected chi connectivity index (χ0v) is 15.4. The van der Waals surface area contributed by atoms with Crippen LogP contribution in [-0.2, 0) is 9.59 Å². The molecule has 0 aromatic heterocycles. The second kappa shape index (κ2) is 9.56. The van der Waals surface area contributed by atoms with E-state index in [1.807, 2.05) is 16.8 Å². The molecule has 1 heterocycles. The largest absolute Gasteiger partial charge is 0.480 e. The summed E-state index contributed by atoms with van der Waals surface area (Å²) in [6, 6.07) is 0.105. The molecule has 24 heavy (non-hydrogen) atoms. The lowest BCUT2D eigenvalue weighted by molar-refractivity contribution is -0.139. The van der Waals surface area contributed by atoms with Crippen LogP contribution < -0.4 is 0 Å². The van der Waals surface area contributed by atoms with E-state index in [0.29, 0.717) is 25.7 Å². The van der Waals surface area contributed by atoms with Crippen molar-refractivity contribution >= 4 is 24.3 Å². The molecule has 0 bridgehead atoms. The Kier molecular flexibility index (Phi) is 8.42. The number of hydrogen-bond acceptors (Lipinski definition) is 5. The van der Waals surface area contributed by atoms with Crippen LogP contribution in [0.4, 0.5) is 0 Å². The number of carboxylic acid groups (broad SMARTS) is 1. The molecule has 8 heteroatoms. The van der Waals surface area contributed by atoms with E-state index in [1.54, 1.807) is 11.9 Å². The van der Waals surface area contributed by atoms with Crippen LogP contribution >= 0.6 is 12.4 Å². The molecule has 0 aromatic carbocycles. The maximum atomic E-state index is 12.5. The first kappa shape index (κ1) is 21.2. The number of amides is 1. The van der Waals surface area contributed by atoms with E-state index in [-0.39, 0.29) is 30.9 Å². The van der Waals surface area contributed by atoms with Gasteiger partial charge in [-0.05, 0) is 19.9 Å². The Morgan fingerprint density at radius 3 is 2.33 bits per heavy atom. The molecule has 0 spiro atoms. The Morgan fingerprint density at radius 1 is 1.12 bits per heavy atom. The second-order valence-electron chi connectivity index (χ2n) is 6.93. The van der Waals surface area contributed by atoms with Crippen molar-refractivity contribution in [2.75, 3.05) is 40.3 Å². The van der Waals surface area contributed by atoms with E-state index in [1.165, 1.54) is 19.3 Å². The molecule has 0 aromatic rings. The molecule has 140 valence electrons. The van der Waals surface area contributed by atoms with E-state index in [0.717, 1.165) is 12.8 Å². The van der Waals surface area contributed by atoms with Crippen molar-refractivity contribution in [1.82, 2.24) is 14.7 Å². The molecule has 1 saturated heterocycles. The van der Waals surface area contributed by atoms with E-state index >= 15 is 0 Å². The number of aliphatic carboxylic acids is 1. The third-order valence-corrected chi connectivity index (χ3v) is 5.16. The molecule has 7 nitrogen and oxygen atoms in total. The first-order valence-electron chi connectivity index (χ1n) is 8.46. The van der Waals surface area contributed by atoms with E-state index in [2.05, 4.69) is 0 Å². The van der Waals surface area contributed by atoms with Crippen LogP contribution in [0.3, 0.4) is 0 Å². The molecule has 2 atom stereocenters. The van der Waals surface area contributed by atoms with Crippen LogP contribution in [0.25, 0.3) is 0 Å². The number of aliphatic hydroxyl groups is 1. The zero-order valence-electron chi connectivity index (χ0n) is 14.6. The molecule has 1 amide bonds. The molecule has 2 fully saturated rings. The highest BCUT2D eigenvalue weighted by Crippen LogP contribution is 2.22. The molecular formula is C16H30ClN3O4. The van der Waals surface area contributed by atoms with Gasteiger partial charge < -0.3 is 15.1 Å². The average molecular weight is 364 g/mol. The number of nitrogens with zero attached hydrogens (tertiary/aromatic N) is 3. The number of β-amino-alcohol motifs (C(OH)–C–C–N with tert-alkyl or cyclic N) is 1. The Morgan fingerprint density at radius 2 is 1.75 bits per heavy atom. The van der Waals surface area contributed by atoms with E-state index in [4.69, 9.17) is 5.11 Å². The van der Waals surface area contributed by atoms with Crippen molar-refractivity contribution in [2.24, 2.45) is 0 Å². The van der Waals surface area contributed by atoms with Gasteiger partial charge in [-0.25, -0.2) is 0 Å². The van der Waals surface area contributed by atoms with Gasteiger partial charge in [-0.1, -0.05) is 19.3 Å². The van der Waals surface area contributed by atoms with E-state index in [9.17, 15) is 14.7 Å². The number of likely N-dealkylation sites (tertiary alicyclic amines) is 1. The number of carbonyl (C=O) groups is 2. The first-order valence-corrected chi connectivity index (χ1v) is 8.46. The maximum Gasteiger partial charge on any atom is 0.317 e. The van der Waals surface area contributed by atoms with Crippen LogP contribution in [0.1, 0.15) is 32.1 Å². The third-order valence-electron chi connectivity index (χ3n) is 5.16. The third kappa shape index (κ3) is 5.58. The van der Waals surface area contributed by atoms with Gasteiger partial charge in [0.15, 0.2) is 0 Å². The number of likely N-dealkylation sites (N-methyl/N-ethyl adjacent to an activating group) is 2. The standard InChI is InChI=1S/C16H29N3O4.ClH/c1-17(11-16(22)23)13-8-19(9-14(13)20)10-15(21)18(2)12-6-4-3-5-7-12;/h12-14,20H,3-11H2,1-2H3,(H,22,23);1H/t13?,14-;/m1./s1. The molecule has 1 saturated carbocycles. The van der Waals surface area contributed by atoms with E-state index < -0.39 is 12.1 Å². The SMILES string of the molecule is CN(CC(=O)O)C1CN(CC(=O)N(C)C2CCCCC2)C[C@H]1O.Cl. The summed E-state index contributed by atoms with van der Waals surface area (Å²) in [4.78, 5) is 28.7. The summed E-state index contributed by atoms with van der Waals surface area (Å²) in [6.45, 7) is 1.13. The van der Waals surface area contributed by atoms with Crippen LogP contribution in [0, 0.1) is 0 Å². The van der Waals surface area contributed by atoms with Crippen LogP contribution in [0.2, 0.25) is 0 Å². The van der Waals surface area contributed by atoms with Gasteiger partial charge in [-0.3, -0.25) is 19.4 Å². The topological polar surface area (TPSA) is 84.3 Å². The lowest BCUT2D eigenvalue weighted by Crippen LogP contribution is -2.45. The zero-order chi connectivity index (χ0) is 17.0. The van der Waals surface area contributed by atoms with Gasteiger partial charge in [0.25, 0.3) is 0 Å². The summed E-state index contributed by atoms with van der Waals surface area (Å²) in [5.41, 5.74) is 0. The predicted molar refractivity (Wildman–Crippen MR) is 93.4 cm³/mol. The minimum Gasteiger partial charge on any atom is -0.480 e. The Labute approximate surface area is 150 Å². The minimum absolute atomic E-state index is 0. The lowest BCUT2D eigenvalue weighted by atomic mass is 9.94. The van der Waals surface area contributed by atoms with Gasteiger partial charge in [0, 0.05) is 32.2 Å². The fourth-order valence-electron chi connectivity index (χ4n) is 3.71. The second-order valence-corrected chi connectivity index (χ2v) is 6.93. The summed E-state index contributed by atoms with van der Waals surface area (Å²) in [5.74, 6) is -0.822. The van der Waals surface area contributed by atoms with Crippen molar-refractivity contribution in [2.45, 2.75) is 50.3 Å². The monoisotopic (exact) mass is 363 g/mol. The fraction of sp³-hybridized carbons (Fsp3) is 0.875. The van der Waals surface area contributed by atoms with Crippen LogP contribution in [0.5, 0.6) is 0 Å². The Balaban J connectivity index is 0.00000288.